The topological polar surface area (TPSA) is 34.3 Å². The van der Waals surface area contributed by atoms with Gasteiger partial charge in [-0.3, -0.25) is 0 Å². The summed E-state index contributed by atoms with van der Waals surface area (Å²) in [4.78, 5) is 0. The normalized spacial score (nSPS) is 31.0. The van der Waals surface area contributed by atoms with E-state index in [1.165, 1.54) is 11.1 Å². The number of hydrogen-bond acceptors (Lipinski definition) is 3. The molecule has 2 aromatic rings. The van der Waals surface area contributed by atoms with Crippen LogP contribution in [-0.4, -0.2) is 35.6 Å². The van der Waals surface area contributed by atoms with Gasteiger partial charge in [0.1, 0.15) is 11.2 Å². The van der Waals surface area contributed by atoms with Crippen LogP contribution < -0.4 is 0 Å². The molecule has 2 aromatic carbocycles. The molecule has 6 atom stereocenters. The Balaban J connectivity index is 1.56. The highest BCUT2D eigenvalue weighted by molar-refractivity contribution is 5.48. The lowest BCUT2D eigenvalue weighted by molar-refractivity contribution is -0.0772. The molecule has 2 aliphatic heterocycles. The fourth-order valence-corrected chi connectivity index (χ4v) is 4.35. The summed E-state index contributed by atoms with van der Waals surface area (Å²) in [6.45, 7) is 16.3. The maximum atomic E-state index is 6.88. The smallest absolute Gasteiger partial charge is 0.118 e. The monoisotopic (exact) mass is 418 g/mol. The number of ether oxygens (including phenoxy) is 3. The number of benzene rings is 2. The van der Waals surface area contributed by atoms with Crippen LogP contribution >= 0.6 is 0 Å². The molecule has 3 nitrogen and oxygen atoms in total. The third kappa shape index (κ3) is 4.55. The van der Waals surface area contributed by atoms with Crippen molar-refractivity contribution >= 4 is 12.2 Å². The minimum atomic E-state index is -0.281. The van der Waals surface area contributed by atoms with Crippen LogP contribution in [0, 0.1) is 0 Å². The van der Waals surface area contributed by atoms with Gasteiger partial charge in [0.25, 0.3) is 0 Å². The van der Waals surface area contributed by atoms with E-state index in [9.17, 15) is 0 Å². The third-order valence-corrected chi connectivity index (χ3v) is 7.24. The molecule has 4 rings (SSSR count). The molecule has 2 heterocycles. The lowest BCUT2D eigenvalue weighted by Gasteiger charge is -2.31. The molecule has 0 bridgehead atoms. The van der Waals surface area contributed by atoms with Gasteiger partial charge in [-0.2, -0.15) is 0 Å². The van der Waals surface area contributed by atoms with Gasteiger partial charge in [0.2, 0.25) is 0 Å². The fraction of sp³-hybridized carbons (Fsp3) is 0.429. The van der Waals surface area contributed by atoms with Crippen LogP contribution in [0.3, 0.4) is 0 Å². The van der Waals surface area contributed by atoms with E-state index < -0.39 is 0 Å². The van der Waals surface area contributed by atoms with Gasteiger partial charge in [0, 0.05) is 12.8 Å². The van der Waals surface area contributed by atoms with E-state index in [0.29, 0.717) is 0 Å². The summed E-state index contributed by atoms with van der Waals surface area (Å²) in [5.74, 6) is 0. The molecule has 0 spiro atoms. The van der Waals surface area contributed by atoms with Crippen molar-refractivity contribution in [3.63, 3.8) is 0 Å². The zero-order valence-electron chi connectivity index (χ0n) is 19.1. The first-order valence-corrected chi connectivity index (χ1v) is 11.2. The Morgan fingerprint density at radius 2 is 1.10 bits per heavy atom. The van der Waals surface area contributed by atoms with Crippen molar-refractivity contribution in [1.29, 1.82) is 0 Å². The Kier molecular flexibility index (Phi) is 5.95. The van der Waals surface area contributed by atoms with E-state index in [-0.39, 0.29) is 35.6 Å². The van der Waals surface area contributed by atoms with E-state index in [1.807, 2.05) is 12.2 Å². The van der Waals surface area contributed by atoms with E-state index in [1.54, 1.807) is 0 Å². The SMILES string of the molecule is C=Cc1ccc(CC(OC(Cc2ccc(C=C)cc2)C2(C)OC2C)C2(C)OC2C)cc1. The van der Waals surface area contributed by atoms with E-state index >= 15 is 0 Å². The molecular formula is C28H34O3. The maximum Gasteiger partial charge on any atom is 0.118 e. The van der Waals surface area contributed by atoms with Crippen LogP contribution in [-0.2, 0) is 27.1 Å². The first-order chi connectivity index (χ1) is 14.8. The Labute approximate surface area is 186 Å². The van der Waals surface area contributed by atoms with Crippen molar-refractivity contribution in [2.45, 2.75) is 76.2 Å². The summed E-state index contributed by atoms with van der Waals surface area (Å²) in [5.41, 5.74) is 4.16. The van der Waals surface area contributed by atoms with Crippen LogP contribution in [0.2, 0.25) is 0 Å². The largest absolute Gasteiger partial charge is 0.368 e. The molecule has 164 valence electrons. The van der Waals surface area contributed by atoms with E-state index in [2.05, 4.69) is 89.4 Å². The molecule has 6 unspecified atom stereocenters. The molecule has 0 aromatic heterocycles. The summed E-state index contributed by atoms with van der Waals surface area (Å²) in [5, 5.41) is 0. The lowest BCUT2D eigenvalue weighted by Crippen LogP contribution is -2.43. The van der Waals surface area contributed by atoms with Gasteiger partial charge in [-0.25, -0.2) is 0 Å². The van der Waals surface area contributed by atoms with Crippen molar-refractivity contribution in [2.75, 3.05) is 0 Å². The standard InChI is InChI=1S/C28H34O3/c1-7-21-9-13-23(14-10-21)17-25(27(5)19(3)30-27)29-26(28(6)20(4)31-28)18-24-15-11-22(8-2)12-16-24/h7-16,19-20,25-26H,1-2,17-18H2,3-6H3. The highest BCUT2D eigenvalue weighted by Gasteiger charge is 2.60. The van der Waals surface area contributed by atoms with Crippen molar-refractivity contribution in [3.05, 3.63) is 83.9 Å². The van der Waals surface area contributed by atoms with Crippen LogP contribution in [0.15, 0.2) is 61.7 Å². The molecule has 0 N–H and O–H groups in total. The molecule has 2 aliphatic rings. The van der Waals surface area contributed by atoms with Crippen LogP contribution in [0.25, 0.3) is 12.2 Å². The Bertz CT molecular complexity index is 854. The summed E-state index contributed by atoms with van der Waals surface area (Å²) in [6, 6.07) is 17.0. The van der Waals surface area contributed by atoms with Gasteiger partial charge in [-0.1, -0.05) is 73.8 Å². The van der Waals surface area contributed by atoms with Crippen LogP contribution in [0.1, 0.15) is 49.9 Å². The Morgan fingerprint density at radius 3 is 1.35 bits per heavy atom. The van der Waals surface area contributed by atoms with Gasteiger partial charge in [0.05, 0.1) is 24.4 Å². The first kappa shape index (κ1) is 22.0. The fourth-order valence-electron chi connectivity index (χ4n) is 4.35. The van der Waals surface area contributed by atoms with Crippen molar-refractivity contribution in [3.8, 4) is 0 Å². The Morgan fingerprint density at radius 1 is 0.774 bits per heavy atom. The summed E-state index contributed by atoms with van der Waals surface area (Å²) < 4.78 is 18.9. The molecule has 2 saturated heterocycles. The summed E-state index contributed by atoms with van der Waals surface area (Å²) >= 11 is 0. The van der Waals surface area contributed by atoms with Gasteiger partial charge < -0.3 is 14.2 Å². The van der Waals surface area contributed by atoms with Crippen LogP contribution in [0.5, 0.6) is 0 Å². The van der Waals surface area contributed by atoms with E-state index in [0.717, 1.165) is 24.0 Å². The summed E-state index contributed by atoms with van der Waals surface area (Å²) in [6.07, 6.45) is 5.59. The van der Waals surface area contributed by atoms with Gasteiger partial charge in [-0.05, 0) is 49.9 Å². The number of epoxide rings is 2. The quantitative estimate of drug-likeness (QED) is 0.453. The molecule has 0 radical (unpaired) electrons. The maximum absolute atomic E-state index is 6.88. The zero-order valence-corrected chi connectivity index (χ0v) is 19.1. The number of rotatable bonds is 10. The number of hydrogen-bond donors (Lipinski definition) is 0. The lowest BCUT2D eigenvalue weighted by atomic mass is 9.91. The molecule has 0 saturated carbocycles. The average molecular weight is 419 g/mol. The third-order valence-electron chi connectivity index (χ3n) is 7.24. The minimum Gasteiger partial charge on any atom is -0.368 e. The second-order valence-corrected chi connectivity index (χ2v) is 9.30. The first-order valence-electron chi connectivity index (χ1n) is 11.2. The second kappa shape index (κ2) is 8.38. The van der Waals surface area contributed by atoms with Gasteiger partial charge in [-0.15, -0.1) is 0 Å². The van der Waals surface area contributed by atoms with Gasteiger partial charge >= 0.3 is 0 Å². The second-order valence-electron chi connectivity index (χ2n) is 9.30. The molecule has 2 fully saturated rings. The molecule has 0 amide bonds. The van der Waals surface area contributed by atoms with Crippen molar-refractivity contribution < 1.29 is 14.2 Å². The van der Waals surface area contributed by atoms with Crippen molar-refractivity contribution in [2.24, 2.45) is 0 Å². The molecule has 31 heavy (non-hydrogen) atoms. The van der Waals surface area contributed by atoms with Gasteiger partial charge in [0.15, 0.2) is 0 Å². The molecular weight excluding hydrogens is 384 g/mol. The predicted molar refractivity (Wildman–Crippen MR) is 127 cm³/mol. The predicted octanol–water partition coefficient (Wildman–Crippen LogP) is 5.87. The van der Waals surface area contributed by atoms with Crippen molar-refractivity contribution in [1.82, 2.24) is 0 Å². The molecule has 0 aliphatic carbocycles. The average Bonchev–Trinajstić information content (AvgIpc) is 3.61. The Hall–Kier alpha value is -2.20. The van der Waals surface area contributed by atoms with E-state index in [4.69, 9.17) is 14.2 Å². The highest BCUT2D eigenvalue weighted by atomic mass is 16.7. The highest BCUT2D eigenvalue weighted by Crippen LogP contribution is 2.46. The zero-order chi connectivity index (χ0) is 22.2. The minimum absolute atomic E-state index is 0.0530. The summed E-state index contributed by atoms with van der Waals surface area (Å²) in [7, 11) is 0. The van der Waals surface area contributed by atoms with Crippen LogP contribution in [0.4, 0.5) is 0 Å². The molecule has 3 heteroatoms.